The second kappa shape index (κ2) is 7.00. The molecule has 7 heteroatoms. The van der Waals surface area contributed by atoms with Crippen LogP contribution < -0.4 is 9.64 Å². The summed E-state index contributed by atoms with van der Waals surface area (Å²) in [6.07, 6.45) is 0.140. The van der Waals surface area contributed by atoms with Gasteiger partial charge < -0.3 is 14.4 Å². The van der Waals surface area contributed by atoms with Gasteiger partial charge in [0.15, 0.2) is 0 Å². The highest BCUT2D eigenvalue weighted by atomic mass is 32.1. The second-order valence-electron chi connectivity index (χ2n) is 6.30. The van der Waals surface area contributed by atoms with Crippen molar-refractivity contribution in [2.75, 3.05) is 25.7 Å². The van der Waals surface area contributed by atoms with Gasteiger partial charge in [0.05, 0.1) is 36.0 Å². The molecule has 0 unspecified atom stereocenters. The van der Waals surface area contributed by atoms with Crippen molar-refractivity contribution >= 4 is 39.1 Å². The van der Waals surface area contributed by atoms with Crippen molar-refractivity contribution in [3.05, 3.63) is 42.5 Å². The Morgan fingerprint density at radius 2 is 2.04 bits per heavy atom. The smallest absolute Gasteiger partial charge is 0.311 e. The summed E-state index contributed by atoms with van der Waals surface area (Å²) in [7, 11) is 2.90. The average Bonchev–Trinajstić information content (AvgIpc) is 3.30. The lowest BCUT2D eigenvalue weighted by Gasteiger charge is -2.20. The molecule has 0 bridgehead atoms. The van der Waals surface area contributed by atoms with E-state index in [2.05, 4.69) is 4.98 Å². The van der Waals surface area contributed by atoms with Crippen LogP contribution in [0.3, 0.4) is 0 Å². The number of anilines is 1. The summed E-state index contributed by atoms with van der Waals surface area (Å²) in [6, 6.07) is 13.6. The molecule has 6 nitrogen and oxygen atoms in total. The van der Waals surface area contributed by atoms with Crippen molar-refractivity contribution in [1.29, 1.82) is 0 Å². The van der Waals surface area contributed by atoms with Gasteiger partial charge >= 0.3 is 5.97 Å². The third-order valence-electron chi connectivity index (χ3n) is 4.67. The van der Waals surface area contributed by atoms with E-state index in [0.717, 1.165) is 20.8 Å². The first-order valence-corrected chi connectivity index (χ1v) is 9.34. The molecule has 3 aromatic rings. The van der Waals surface area contributed by atoms with Crippen LogP contribution in [0.5, 0.6) is 5.75 Å². The molecule has 0 aliphatic carbocycles. The van der Waals surface area contributed by atoms with E-state index in [-0.39, 0.29) is 24.8 Å². The van der Waals surface area contributed by atoms with Crippen LogP contribution in [0.2, 0.25) is 0 Å². The summed E-state index contributed by atoms with van der Waals surface area (Å²) in [5.41, 5.74) is 2.49. The number of esters is 1. The molecule has 1 aliphatic rings. The van der Waals surface area contributed by atoms with Crippen LogP contribution >= 0.6 is 11.3 Å². The molecule has 0 N–H and O–H groups in total. The summed E-state index contributed by atoms with van der Waals surface area (Å²) < 4.78 is 11.3. The fraction of sp³-hybridized carbons (Fsp3) is 0.250. The Labute approximate surface area is 160 Å². The first-order chi connectivity index (χ1) is 13.1. The van der Waals surface area contributed by atoms with Crippen molar-refractivity contribution in [1.82, 2.24) is 4.98 Å². The second-order valence-corrected chi connectivity index (χ2v) is 7.33. The van der Waals surface area contributed by atoms with Gasteiger partial charge in [-0.15, -0.1) is 11.3 Å². The zero-order chi connectivity index (χ0) is 19.0. The summed E-state index contributed by atoms with van der Waals surface area (Å²) >= 11 is 1.60. The number of para-hydroxylation sites is 1. The van der Waals surface area contributed by atoms with Crippen LogP contribution in [0.15, 0.2) is 42.5 Å². The molecule has 0 spiro atoms. The first-order valence-electron chi connectivity index (χ1n) is 8.53. The number of benzene rings is 2. The third kappa shape index (κ3) is 3.14. The Morgan fingerprint density at radius 3 is 2.78 bits per heavy atom. The Morgan fingerprint density at radius 1 is 1.22 bits per heavy atom. The molecule has 1 aromatic heterocycles. The maximum atomic E-state index is 12.5. The normalized spacial score (nSPS) is 16.7. The molecular weight excluding hydrogens is 364 g/mol. The summed E-state index contributed by atoms with van der Waals surface area (Å²) in [5.74, 6) is -0.366. The number of carbonyl (C=O) groups is 2. The summed E-state index contributed by atoms with van der Waals surface area (Å²) in [4.78, 5) is 30.6. The quantitative estimate of drug-likeness (QED) is 0.646. The summed E-state index contributed by atoms with van der Waals surface area (Å²) in [6.45, 7) is 0.283. The molecule has 0 radical (unpaired) electrons. The number of amides is 1. The molecule has 1 fully saturated rings. The fourth-order valence-corrected chi connectivity index (χ4v) is 4.26. The van der Waals surface area contributed by atoms with E-state index in [4.69, 9.17) is 9.47 Å². The van der Waals surface area contributed by atoms with Gasteiger partial charge in [0, 0.05) is 18.5 Å². The molecule has 2 aromatic carbocycles. The Kier molecular flexibility index (Phi) is 4.53. The van der Waals surface area contributed by atoms with E-state index in [0.29, 0.717) is 11.4 Å². The van der Waals surface area contributed by atoms with Gasteiger partial charge in [-0.25, -0.2) is 4.98 Å². The maximum Gasteiger partial charge on any atom is 0.311 e. The molecular formula is C20H18N2O4S. The molecule has 1 saturated heterocycles. The zero-order valence-corrected chi connectivity index (χ0v) is 15.8. The number of nitrogens with zero attached hydrogens (tertiary/aromatic N) is 2. The molecule has 1 atom stereocenters. The number of ether oxygens (including phenoxy) is 2. The lowest BCUT2D eigenvalue weighted by molar-refractivity contribution is -0.145. The first kappa shape index (κ1) is 17.5. The van der Waals surface area contributed by atoms with Crippen molar-refractivity contribution in [3.63, 3.8) is 0 Å². The van der Waals surface area contributed by atoms with Crippen molar-refractivity contribution in [2.24, 2.45) is 5.92 Å². The van der Waals surface area contributed by atoms with E-state index < -0.39 is 5.92 Å². The van der Waals surface area contributed by atoms with E-state index in [1.54, 1.807) is 23.3 Å². The Hall–Kier alpha value is -2.93. The number of fused-ring (bicyclic) bond motifs is 1. The van der Waals surface area contributed by atoms with E-state index in [1.165, 1.54) is 7.11 Å². The number of carbonyl (C=O) groups excluding carboxylic acids is 2. The minimum absolute atomic E-state index is 0.120. The van der Waals surface area contributed by atoms with Gasteiger partial charge in [-0.3, -0.25) is 9.59 Å². The van der Waals surface area contributed by atoms with E-state index in [9.17, 15) is 9.59 Å². The lowest BCUT2D eigenvalue weighted by atomic mass is 10.1. The van der Waals surface area contributed by atoms with Crippen LogP contribution in [-0.2, 0) is 14.3 Å². The molecule has 0 saturated carbocycles. The van der Waals surface area contributed by atoms with Crippen LogP contribution in [-0.4, -0.2) is 37.6 Å². The van der Waals surface area contributed by atoms with Gasteiger partial charge in [0.1, 0.15) is 10.8 Å². The van der Waals surface area contributed by atoms with Crippen molar-refractivity contribution in [3.8, 4) is 16.3 Å². The lowest BCUT2D eigenvalue weighted by Crippen LogP contribution is -2.26. The fourth-order valence-electron chi connectivity index (χ4n) is 3.29. The van der Waals surface area contributed by atoms with E-state index in [1.807, 2.05) is 42.5 Å². The van der Waals surface area contributed by atoms with Gasteiger partial charge in [-0.05, 0) is 30.3 Å². The van der Waals surface area contributed by atoms with Gasteiger partial charge in [-0.1, -0.05) is 12.1 Å². The van der Waals surface area contributed by atoms with Crippen LogP contribution in [0.25, 0.3) is 20.8 Å². The van der Waals surface area contributed by atoms with E-state index >= 15 is 0 Å². The maximum absolute atomic E-state index is 12.5. The number of hydrogen-bond donors (Lipinski definition) is 0. The standard InChI is InChI=1S/C20H18N2O4S/c1-25-16-8-7-12(19-21-14-5-3-4-6-17(14)27-19)9-15(16)22-11-13(10-18(22)23)20(24)26-2/h3-9,13H,10-11H2,1-2H3/t13-/m0/s1. The van der Waals surface area contributed by atoms with Crippen molar-refractivity contribution in [2.45, 2.75) is 6.42 Å². The number of aromatic nitrogens is 1. The molecule has 4 rings (SSSR count). The highest BCUT2D eigenvalue weighted by Gasteiger charge is 2.37. The molecule has 2 heterocycles. The van der Waals surface area contributed by atoms with Crippen LogP contribution in [0, 0.1) is 5.92 Å². The zero-order valence-electron chi connectivity index (χ0n) is 15.0. The van der Waals surface area contributed by atoms with Gasteiger partial charge in [-0.2, -0.15) is 0 Å². The van der Waals surface area contributed by atoms with Crippen LogP contribution in [0.4, 0.5) is 5.69 Å². The highest BCUT2D eigenvalue weighted by molar-refractivity contribution is 7.21. The van der Waals surface area contributed by atoms with Gasteiger partial charge in [0.2, 0.25) is 5.91 Å². The number of rotatable bonds is 4. The minimum atomic E-state index is -0.460. The predicted octanol–water partition coefficient (Wildman–Crippen LogP) is 3.50. The number of thiazole rings is 1. The Balaban J connectivity index is 1.73. The number of hydrogen-bond acceptors (Lipinski definition) is 6. The SMILES string of the molecule is COC(=O)[C@H]1CC(=O)N(c2cc(-c3nc4ccccc4s3)ccc2OC)C1. The molecule has 1 aliphatic heterocycles. The van der Waals surface area contributed by atoms with Crippen LogP contribution in [0.1, 0.15) is 6.42 Å². The minimum Gasteiger partial charge on any atom is -0.495 e. The molecule has 27 heavy (non-hydrogen) atoms. The third-order valence-corrected chi connectivity index (χ3v) is 5.76. The largest absolute Gasteiger partial charge is 0.495 e. The highest BCUT2D eigenvalue weighted by Crippen LogP contribution is 2.38. The predicted molar refractivity (Wildman–Crippen MR) is 104 cm³/mol. The monoisotopic (exact) mass is 382 g/mol. The topological polar surface area (TPSA) is 68.7 Å². The molecule has 1 amide bonds. The van der Waals surface area contributed by atoms with Gasteiger partial charge in [0.25, 0.3) is 0 Å². The number of methoxy groups -OCH3 is 2. The average molecular weight is 382 g/mol. The van der Waals surface area contributed by atoms with Crippen molar-refractivity contribution < 1.29 is 19.1 Å². The summed E-state index contributed by atoms with van der Waals surface area (Å²) in [5, 5.41) is 0.872. The Bertz CT molecular complexity index is 997. The molecule has 138 valence electrons.